The molecule has 96 valence electrons. The number of rotatable bonds is 3. The minimum Gasteiger partial charge on any atom is -0.504 e. The van der Waals surface area contributed by atoms with Crippen LogP contribution in [0.25, 0.3) is 11.4 Å². The number of hydrogen-bond donors (Lipinski definition) is 3. The highest BCUT2D eigenvalue weighted by Crippen LogP contribution is 2.29. The van der Waals surface area contributed by atoms with E-state index < -0.39 is 0 Å². The van der Waals surface area contributed by atoms with Gasteiger partial charge in [-0.1, -0.05) is 19.0 Å². The molecule has 0 aliphatic carbocycles. The lowest BCUT2D eigenvalue weighted by atomic mass is 10.1. The fourth-order valence-electron chi connectivity index (χ4n) is 1.44. The van der Waals surface area contributed by atoms with Gasteiger partial charge in [0, 0.05) is 5.56 Å². The minimum atomic E-state index is -0.322. The van der Waals surface area contributed by atoms with E-state index in [0.29, 0.717) is 17.3 Å². The topological polar surface area (TPSA) is 105 Å². The lowest BCUT2D eigenvalue weighted by Crippen LogP contribution is -2.16. The van der Waals surface area contributed by atoms with Gasteiger partial charge in [0.05, 0.1) is 6.04 Å². The van der Waals surface area contributed by atoms with Gasteiger partial charge < -0.3 is 20.5 Å². The Morgan fingerprint density at radius 3 is 2.56 bits per heavy atom. The van der Waals surface area contributed by atoms with E-state index in [1.54, 1.807) is 6.07 Å². The Bertz CT molecular complexity index is 551. The fraction of sp³-hybridized carbons (Fsp3) is 0.333. The van der Waals surface area contributed by atoms with Crippen LogP contribution < -0.4 is 5.73 Å². The molecule has 0 spiro atoms. The average Bonchev–Trinajstić information content (AvgIpc) is 2.81. The lowest BCUT2D eigenvalue weighted by Gasteiger charge is -2.09. The van der Waals surface area contributed by atoms with E-state index in [4.69, 9.17) is 10.3 Å². The number of nitrogens with zero attached hydrogens (tertiary/aromatic N) is 2. The summed E-state index contributed by atoms with van der Waals surface area (Å²) in [5.41, 5.74) is 6.45. The third kappa shape index (κ3) is 2.28. The molecule has 1 aromatic carbocycles. The van der Waals surface area contributed by atoms with Crippen molar-refractivity contribution < 1.29 is 14.7 Å². The van der Waals surface area contributed by atoms with E-state index in [2.05, 4.69) is 10.1 Å². The highest BCUT2D eigenvalue weighted by molar-refractivity contribution is 5.59. The molecule has 1 heterocycles. The van der Waals surface area contributed by atoms with Crippen molar-refractivity contribution in [3.8, 4) is 22.9 Å². The molecule has 18 heavy (non-hydrogen) atoms. The molecule has 0 unspecified atom stereocenters. The Morgan fingerprint density at radius 1 is 1.22 bits per heavy atom. The Morgan fingerprint density at radius 2 is 1.94 bits per heavy atom. The molecule has 0 radical (unpaired) electrons. The van der Waals surface area contributed by atoms with Crippen LogP contribution in [-0.4, -0.2) is 20.4 Å². The molecular formula is C12H15N3O3. The molecule has 0 aliphatic heterocycles. The van der Waals surface area contributed by atoms with Crippen molar-refractivity contribution in [3.05, 3.63) is 24.1 Å². The van der Waals surface area contributed by atoms with Gasteiger partial charge in [-0.3, -0.25) is 0 Å². The first-order valence-electron chi connectivity index (χ1n) is 5.60. The smallest absolute Gasteiger partial charge is 0.244 e. The number of hydrogen-bond acceptors (Lipinski definition) is 6. The molecule has 0 saturated heterocycles. The molecule has 6 heteroatoms. The van der Waals surface area contributed by atoms with E-state index in [1.165, 1.54) is 12.1 Å². The van der Waals surface area contributed by atoms with Crippen LogP contribution in [0.4, 0.5) is 0 Å². The summed E-state index contributed by atoms with van der Waals surface area (Å²) in [5, 5.41) is 22.4. The quantitative estimate of drug-likeness (QED) is 0.716. The highest BCUT2D eigenvalue weighted by atomic mass is 16.5. The molecule has 0 bridgehead atoms. The van der Waals surface area contributed by atoms with Crippen LogP contribution in [0.15, 0.2) is 22.7 Å². The van der Waals surface area contributed by atoms with Gasteiger partial charge in [-0.05, 0) is 24.1 Å². The van der Waals surface area contributed by atoms with Crippen LogP contribution in [-0.2, 0) is 0 Å². The van der Waals surface area contributed by atoms with Crippen LogP contribution in [0, 0.1) is 5.92 Å². The molecule has 6 nitrogen and oxygen atoms in total. The summed E-state index contributed by atoms with van der Waals surface area (Å²) in [6, 6.07) is 4.00. The van der Waals surface area contributed by atoms with Crippen molar-refractivity contribution in [1.82, 2.24) is 10.1 Å². The number of phenolic OH excluding ortho intramolecular Hbond substituents is 2. The van der Waals surface area contributed by atoms with E-state index in [0.717, 1.165) is 0 Å². The molecule has 2 aromatic rings. The summed E-state index contributed by atoms with van der Waals surface area (Å²) in [7, 11) is 0. The fourth-order valence-corrected chi connectivity index (χ4v) is 1.44. The van der Waals surface area contributed by atoms with Gasteiger partial charge in [0.2, 0.25) is 11.7 Å². The Kier molecular flexibility index (Phi) is 3.20. The maximum Gasteiger partial charge on any atom is 0.244 e. The molecular weight excluding hydrogens is 234 g/mol. The minimum absolute atomic E-state index is 0.187. The Balaban J connectivity index is 2.32. The van der Waals surface area contributed by atoms with Crippen LogP contribution in [0.1, 0.15) is 25.8 Å². The number of nitrogens with two attached hydrogens (primary N) is 1. The second kappa shape index (κ2) is 4.66. The molecule has 1 aromatic heterocycles. The van der Waals surface area contributed by atoms with Gasteiger partial charge in [0.15, 0.2) is 11.5 Å². The maximum atomic E-state index is 9.40. The van der Waals surface area contributed by atoms with Gasteiger partial charge in [0.25, 0.3) is 0 Å². The van der Waals surface area contributed by atoms with E-state index in [1.807, 2.05) is 13.8 Å². The van der Waals surface area contributed by atoms with Gasteiger partial charge in [-0.15, -0.1) is 0 Å². The zero-order valence-electron chi connectivity index (χ0n) is 10.2. The second-order valence-corrected chi connectivity index (χ2v) is 4.43. The Hall–Kier alpha value is -2.08. The van der Waals surface area contributed by atoms with E-state index in [-0.39, 0.29) is 23.5 Å². The largest absolute Gasteiger partial charge is 0.504 e. The van der Waals surface area contributed by atoms with Crippen molar-refractivity contribution in [1.29, 1.82) is 0 Å². The number of benzene rings is 1. The summed E-state index contributed by atoms with van der Waals surface area (Å²) in [6.45, 7) is 3.92. The maximum absolute atomic E-state index is 9.40. The first-order valence-corrected chi connectivity index (χ1v) is 5.60. The van der Waals surface area contributed by atoms with Crippen molar-refractivity contribution >= 4 is 0 Å². The number of aromatic nitrogens is 2. The standard InChI is InChI=1S/C12H15N3O3/c1-6(2)10(13)12-14-11(15-18-12)7-3-4-8(16)9(17)5-7/h3-6,10,16-17H,13H2,1-2H3/t10-/m1/s1. The molecule has 0 fully saturated rings. The predicted octanol–water partition coefficient (Wildman–Crippen LogP) is 1.80. The predicted molar refractivity (Wildman–Crippen MR) is 64.8 cm³/mol. The van der Waals surface area contributed by atoms with E-state index >= 15 is 0 Å². The number of phenols is 2. The van der Waals surface area contributed by atoms with Crippen molar-refractivity contribution in [2.75, 3.05) is 0 Å². The molecule has 0 aliphatic rings. The second-order valence-electron chi connectivity index (χ2n) is 4.43. The molecule has 1 atom stereocenters. The first kappa shape index (κ1) is 12.4. The monoisotopic (exact) mass is 249 g/mol. The third-order valence-electron chi connectivity index (χ3n) is 2.68. The first-order chi connectivity index (χ1) is 8.49. The lowest BCUT2D eigenvalue weighted by molar-refractivity contribution is 0.325. The van der Waals surface area contributed by atoms with Gasteiger partial charge >= 0.3 is 0 Å². The van der Waals surface area contributed by atoms with Gasteiger partial charge in [0.1, 0.15) is 0 Å². The van der Waals surface area contributed by atoms with E-state index in [9.17, 15) is 10.2 Å². The summed E-state index contributed by atoms with van der Waals surface area (Å²) >= 11 is 0. The van der Waals surface area contributed by atoms with Crippen molar-refractivity contribution in [2.45, 2.75) is 19.9 Å². The van der Waals surface area contributed by atoms with Gasteiger partial charge in [-0.25, -0.2) is 0 Å². The number of aromatic hydroxyl groups is 2. The van der Waals surface area contributed by atoms with Gasteiger partial charge in [-0.2, -0.15) is 4.98 Å². The van der Waals surface area contributed by atoms with Crippen LogP contribution in [0.2, 0.25) is 0 Å². The molecule has 0 amide bonds. The molecule has 0 saturated carbocycles. The average molecular weight is 249 g/mol. The zero-order valence-corrected chi connectivity index (χ0v) is 10.2. The summed E-state index contributed by atoms with van der Waals surface area (Å²) in [5.74, 6) is 0.448. The van der Waals surface area contributed by atoms with Crippen molar-refractivity contribution in [3.63, 3.8) is 0 Å². The van der Waals surface area contributed by atoms with Crippen molar-refractivity contribution in [2.24, 2.45) is 11.7 Å². The van der Waals surface area contributed by atoms with Crippen LogP contribution in [0.5, 0.6) is 11.5 Å². The Labute approximate surface area is 104 Å². The highest BCUT2D eigenvalue weighted by Gasteiger charge is 2.19. The summed E-state index contributed by atoms with van der Waals surface area (Å²) < 4.78 is 5.08. The molecule has 2 rings (SSSR count). The molecule has 4 N–H and O–H groups in total. The van der Waals surface area contributed by atoms with Crippen LogP contribution in [0.3, 0.4) is 0 Å². The normalized spacial score (nSPS) is 12.9. The third-order valence-corrected chi connectivity index (χ3v) is 2.68. The van der Waals surface area contributed by atoms with Crippen LogP contribution >= 0.6 is 0 Å². The summed E-state index contributed by atoms with van der Waals surface area (Å²) in [4.78, 5) is 4.18. The summed E-state index contributed by atoms with van der Waals surface area (Å²) in [6.07, 6.45) is 0. The SMILES string of the molecule is CC(C)[C@@H](N)c1nc(-c2ccc(O)c(O)c2)no1. The zero-order chi connectivity index (χ0) is 13.3.